The third-order valence-corrected chi connectivity index (χ3v) is 5.35. The number of hydrogen-bond acceptors (Lipinski definition) is 2. The van der Waals surface area contributed by atoms with Gasteiger partial charge < -0.3 is 9.80 Å². The monoisotopic (exact) mass is 346 g/mol. The maximum atomic E-state index is 13.3. The van der Waals surface area contributed by atoms with Gasteiger partial charge in [-0.25, -0.2) is 4.39 Å². The van der Waals surface area contributed by atoms with Gasteiger partial charge in [-0.15, -0.1) is 0 Å². The minimum absolute atomic E-state index is 0.0747. The normalized spacial score (nSPS) is 21.5. The van der Waals surface area contributed by atoms with E-state index in [0.717, 1.165) is 57.2 Å². The van der Waals surface area contributed by atoms with Gasteiger partial charge in [-0.2, -0.15) is 0 Å². The third-order valence-electron chi connectivity index (χ3n) is 5.35. The number of piperidine rings is 2. The summed E-state index contributed by atoms with van der Waals surface area (Å²) in [5.41, 5.74) is 1.02. The summed E-state index contributed by atoms with van der Waals surface area (Å²) < 4.78 is 13.3. The van der Waals surface area contributed by atoms with E-state index in [2.05, 4.69) is 0 Å². The molecule has 0 spiro atoms. The molecule has 0 aliphatic carbocycles. The molecule has 2 amide bonds. The number of carbonyl (C=O) groups is 2. The van der Waals surface area contributed by atoms with Gasteiger partial charge in [0.15, 0.2) is 0 Å². The van der Waals surface area contributed by atoms with E-state index in [9.17, 15) is 14.0 Å². The van der Waals surface area contributed by atoms with Gasteiger partial charge in [0.1, 0.15) is 5.82 Å². The Hall–Kier alpha value is -1.91. The summed E-state index contributed by atoms with van der Waals surface area (Å²) in [6, 6.07) is 6.76. The smallest absolute Gasteiger partial charge is 0.242 e. The van der Waals surface area contributed by atoms with Crippen LogP contribution in [0.3, 0.4) is 0 Å². The van der Waals surface area contributed by atoms with Crippen molar-refractivity contribution in [1.82, 2.24) is 9.80 Å². The van der Waals surface area contributed by atoms with Crippen LogP contribution in [0.2, 0.25) is 0 Å². The highest BCUT2D eigenvalue weighted by Gasteiger charge is 2.27. The SMILES string of the molecule is O=C1CCCCN1CC(=O)N1CCCC(CCc2cccc(F)c2)C1. The number of rotatable bonds is 5. The maximum absolute atomic E-state index is 13.3. The van der Waals surface area contributed by atoms with Crippen LogP contribution in [0, 0.1) is 11.7 Å². The summed E-state index contributed by atoms with van der Waals surface area (Å²) in [6.07, 6.45) is 6.44. The molecule has 25 heavy (non-hydrogen) atoms. The Balaban J connectivity index is 1.48. The molecule has 0 aromatic heterocycles. The molecule has 0 saturated carbocycles. The molecule has 1 atom stereocenters. The average Bonchev–Trinajstić information content (AvgIpc) is 2.62. The van der Waals surface area contributed by atoms with Crippen molar-refractivity contribution in [1.29, 1.82) is 0 Å². The first-order chi connectivity index (χ1) is 12.1. The minimum Gasteiger partial charge on any atom is -0.341 e. The Labute approximate surface area is 149 Å². The maximum Gasteiger partial charge on any atom is 0.242 e. The van der Waals surface area contributed by atoms with Crippen molar-refractivity contribution in [2.45, 2.75) is 44.9 Å². The molecule has 136 valence electrons. The highest BCUT2D eigenvalue weighted by Crippen LogP contribution is 2.22. The largest absolute Gasteiger partial charge is 0.341 e. The van der Waals surface area contributed by atoms with Crippen molar-refractivity contribution in [3.05, 3.63) is 35.6 Å². The molecular formula is C20H27FN2O2. The Morgan fingerprint density at radius 1 is 1.20 bits per heavy atom. The number of aryl methyl sites for hydroxylation is 1. The lowest BCUT2D eigenvalue weighted by Gasteiger charge is -2.35. The van der Waals surface area contributed by atoms with Crippen molar-refractivity contribution in [2.75, 3.05) is 26.2 Å². The zero-order chi connectivity index (χ0) is 17.6. The predicted octanol–water partition coefficient (Wildman–Crippen LogP) is 3.01. The van der Waals surface area contributed by atoms with Crippen LogP contribution in [-0.4, -0.2) is 47.8 Å². The second-order valence-electron chi connectivity index (χ2n) is 7.29. The number of hydrogen-bond donors (Lipinski definition) is 0. The number of benzene rings is 1. The first kappa shape index (κ1) is 17.9. The Morgan fingerprint density at radius 2 is 2.08 bits per heavy atom. The topological polar surface area (TPSA) is 40.6 Å². The summed E-state index contributed by atoms with van der Waals surface area (Å²) in [5, 5.41) is 0. The Morgan fingerprint density at radius 3 is 2.88 bits per heavy atom. The van der Waals surface area contributed by atoms with E-state index < -0.39 is 0 Å². The zero-order valence-electron chi connectivity index (χ0n) is 14.8. The molecule has 3 rings (SSSR count). The second kappa shape index (κ2) is 8.45. The lowest BCUT2D eigenvalue weighted by atomic mass is 9.91. The first-order valence-corrected chi connectivity index (χ1v) is 9.42. The van der Waals surface area contributed by atoms with Gasteiger partial charge in [0.2, 0.25) is 11.8 Å². The van der Waals surface area contributed by atoms with E-state index in [-0.39, 0.29) is 24.2 Å². The van der Waals surface area contributed by atoms with Crippen molar-refractivity contribution in [2.24, 2.45) is 5.92 Å². The molecule has 0 N–H and O–H groups in total. The first-order valence-electron chi connectivity index (χ1n) is 9.42. The summed E-state index contributed by atoms with van der Waals surface area (Å²) in [5.74, 6) is 0.451. The van der Waals surface area contributed by atoms with Crippen molar-refractivity contribution < 1.29 is 14.0 Å². The van der Waals surface area contributed by atoms with Gasteiger partial charge >= 0.3 is 0 Å². The molecule has 4 nitrogen and oxygen atoms in total. The van der Waals surface area contributed by atoms with Crippen LogP contribution in [-0.2, 0) is 16.0 Å². The van der Waals surface area contributed by atoms with Crippen molar-refractivity contribution >= 4 is 11.8 Å². The van der Waals surface area contributed by atoms with Crippen LogP contribution in [0.15, 0.2) is 24.3 Å². The molecule has 0 radical (unpaired) electrons. The van der Waals surface area contributed by atoms with Crippen LogP contribution >= 0.6 is 0 Å². The summed E-state index contributed by atoms with van der Waals surface area (Å²) in [4.78, 5) is 28.1. The lowest BCUT2D eigenvalue weighted by molar-refractivity contribution is -0.142. The summed E-state index contributed by atoms with van der Waals surface area (Å²) in [6.45, 7) is 2.49. The standard InChI is InChI=1S/C20H27FN2O2/c21-18-7-3-5-16(13-18)9-10-17-6-4-12-22(14-17)20(25)15-23-11-2-1-8-19(23)24/h3,5,7,13,17H,1-2,4,6,8-12,14-15H2. The summed E-state index contributed by atoms with van der Waals surface area (Å²) >= 11 is 0. The van der Waals surface area contributed by atoms with E-state index in [0.29, 0.717) is 18.9 Å². The average molecular weight is 346 g/mol. The van der Waals surface area contributed by atoms with E-state index >= 15 is 0 Å². The van der Waals surface area contributed by atoms with Crippen molar-refractivity contribution in [3.63, 3.8) is 0 Å². The molecule has 1 aromatic rings. The quantitative estimate of drug-likeness (QED) is 0.822. The molecule has 2 fully saturated rings. The van der Waals surface area contributed by atoms with Gasteiger partial charge in [0.25, 0.3) is 0 Å². The van der Waals surface area contributed by atoms with Gasteiger partial charge in [-0.3, -0.25) is 9.59 Å². The highest BCUT2D eigenvalue weighted by molar-refractivity contribution is 5.85. The Kier molecular flexibility index (Phi) is 6.05. The van der Waals surface area contributed by atoms with Crippen LogP contribution in [0.1, 0.15) is 44.1 Å². The molecule has 2 aliphatic heterocycles. The fourth-order valence-corrected chi connectivity index (χ4v) is 3.88. The van der Waals surface area contributed by atoms with Gasteiger partial charge in [-0.1, -0.05) is 12.1 Å². The molecular weight excluding hydrogens is 319 g/mol. The van der Waals surface area contributed by atoms with E-state index in [1.54, 1.807) is 17.0 Å². The predicted molar refractivity (Wildman–Crippen MR) is 94.5 cm³/mol. The van der Waals surface area contributed by atoms with Crippen LogP contribution < -0.4 is 0 Å². The Bertz CT molecular complexity index is 619. The van der Waals surface area contributed by atoms with Crippen LogP contribution in [0.5, 0.6) is 0 Å². The van der Waals surface area contributed by atoms with Crippen molar-refractivity contribution in [3.8, 4) is 0 Å². The third kappa shape index (κ3) is 5.03. The van der Waals surface area contributed by atoms with Crippen LogP contribution in [0.25, 0.3) is 0 Å². The van der Waals surface area contributed by atoms with E-state index in [4.69, 9.17) is 0 Å². The fourth-order valence-electron chi connectivity index (χ4n) is 3.88. The molecule has 1 aromatic carbocycles. The van der Waals surface area contributed by atoms with Gasteiger partial charge in [0.05, 0.1) is 6.54 Å². The number of carbonyl (C=O) groups excluding carboxylic acids is 2. The molecule has 2 saturated heterocycles. The number of likely N-dealkylation sites (tertiary alicyclic amines) is 2. The minimum atomic E-state index is -0.191. The van der Waals surface area contributed by atoms with Crippen LogP contribution in [0.4, 0.5) is 4.39 Å². The fraction of sp³-hybridized carbons (Fsp3) is 0.600. The van der Waals surface area contributed by atoms with Gasteiger partial charge in [0, 0.05) is 26.1 Å². The molecule has 1 unspecified atom stereocenters. The van der Waals surface area contributed by atoms with E-state index in [1.165, 1.54) is 6.07 Å². The number of amides is 2. The molecule has 5 heteroatoms. The lowest BCUT2D eigenvalue weighted by Crippen LogP contribution is -2.47. The molecule has 2 heterocycles. The number of halogens is 1. The molecule has 0 bridgehead atoms. The highest BCUT2D eigenvalue weighted by atomic mass is 19.1. The van der Waals surface area contributed by atoms with E-state index in [1.807, 2.05) is 11.0 Å². The number of nitrogens with zero attached hydrogens (tertiary/aromatic N) is 2. The second-order valence-corrected chi connectivity index (χ2v) is 7.29. The zero-order valence-corrected chi connectivity index (χ0v) is 14.8. The van der Waals surface area contributed by atoms with Gasteiger partial charge in [-0.05, 0) is 62.1 Å². The summed E-state index contributed by atoms with van der Waals surface area (Å²) in [7, 11) is 0. The molecule has 2 aliphatic rings.